The third kappa shape index (κ3) is 2.15. The Kier molecular flexibility index (Phi) is 3.94. The van der Waals surface area contributed by atoms with E-state index in [2.05, 4.69) is 6.92 Å². The van der Waals surface area contributed by atoms with E-state index in [1.807, 2.05) is 4.90 Å². The van der Waals surface area contributed by atoms with Gasteiger partial charge < -0.3 is 20.1 Å². The first-order chi connectivity index (χ1) is 8.56. The molecule has 0 aromatic carbocycles. The van der Waals surface area contributed by atoms with Crippen LogP contribution < -0.4 is 5.73 Å². The van der Waals surface area contributed by atoms with E-state index in [0.717, 1.165) is 12.8 Å². The second-order valence-electron chi connectivity index (χ2n) is 5.76. The minimum absolute atomic E-state index is 0.0220. The van der Waals surface area contributed by atoms with Gasteiger partial charge in [-0.05, 0) is 18.8 Å². The number of nitrogens with zero attached hydrogens (tertiary/aromatic N) is 1. The SMILES string of the molecule is COC1CN(C(=O)C2(CN)CC(C)C2)CC1OC. The molecule has 2 fully saturated rings. The zero-order chi connectivity index (χ0) is 13.3. The summed E-state index contributed by atoms with van der Waals surface area (Å²) in [5, 5.41) is 0. The Morgan fingerprint density at radius 2 is 1.78 bits per heavy atom. The molecular formula is C13H24N2O3. The number of rotatable bonds is 4. The van der Waals surface area contributed by atoms with E-state index in [9.17, 15) is 4.79 Å². The zero-order valence-electron chi connectivity index (χ0n) is 11.5. The molecule has 0 radical (unpaired) electrons. The van der Waals surface area contributed by atoms with Crippen LogP contribution in [0.1, 0.15) is 19.8 Å². The standard InChI is InChI=1S/C13H24N2O3/c1-9-4-13(5-9,8-14)12(16)15-6-10(17-2)11(7-15)18-3/h9-11H,4-8,14H2,1-3H3. The van der Waals surface area contributed by atoms with Gasteiger partial charge in [0.05, 0.1) is 5.41 Å². The van der Waals surface area contributed by atoms with Crippen LogP contribution in [-0.2, 0) is 14.3 Å². The van der Waals surface area contributed by atoms with Crippen molar-refractivity contribution in [3.63, 3.8) is 0 Å². The lowest BCUT2D eigenvalue weighted by molar-refractivity contribution is -0.149. The van der Waals surface area contributed by atoms with Gasteiger partial charge in [0, 0.05) is 33.9 Å². The number of hydrogen-bond donors (Lipinski definition) is 1. The van der Waals surface area contributed by atoms with Gasteiger partial charge in [0.25, 0.3) is 0 Å². The maximum atomic E-state index is 12.6. The quantitative estimate of drug-likeness (QED) is 0.782. The van der Waals surface area contributed by atoms with Gasteiger partial charge in [-0.2, -0.15) is 0 Å². The number of likely N-dealkylation sites (tertiary alicyclic amines) is 1. The lowest BCUT2D eigenvalue weighted by Gasteiger charge is -2.46. The Labute approximate surface area is 109 Å². The predicted molar refractivity (Wildman–Crippen MR) is 68.1 cm³/mol. The van der Waals surface area contributed by atoms with Crippen molar-refractivity contribution in [3.8, 4) is 0 Å². The Hall–Kier alpha value is -0.650. The minimum atomic E-state index is -0.319. The minimum Gasteiger partial charge on any atom is -0.377 e. The van der Waals surface area contributed by atoms with Crippen LogP contribution in [0.15, 0.2) is 0 Å². The highest BCUT2D eigenvalue weighted by Crippen LogP contribution is 2.46. The molecule has 18 heavy (non-hydrogen) atoms. The molecule has 5 heteroatoms. The van der Waals surface area contributed by atoms with Crippen LogP contribution in [-0.4, -0.2) is 56.9 Å². The smallest absolute Gasteiger partial charge is 0.230 e. The molecule has 0 spiro atoms. The first-order valence-electron chi connectivity index (χ1n) is 6.61. The molecule has 2 N–H and O–H groups in total. The van der Waals surface area contributed by atoms with Crippen LogP contribution in [0, 0.1) is 11.3 Å². The van der Waals surface area contributed by atoms with Crippen molar-refractivity contribution in [3.05, 3.63) is 0 Å². The molecule has 0 bridgehead atoms. The van der Waals surface area contributed by atoms with Crippen LogP contribution in [0.2, 0.25) is 0 Å². The van der Waals surface area contributed by atoms with Gasteiger partial charge in [0.2, 0.25) is 5.91 Å². The highest BCUT2D eigenvalue weighted by Gasteiger charge is 2.51. The van der Waals surface area contributed by atoms with Gasteiger partial charge in [-0.15, -0.1) is 0 Å². The maximum Gasteiger partial charge on any atom is 0.230 e. The van der Waals surface area contributed by atoms with Gasteiger partial charge >= 0.3 is 0 Å². The summed E-state index contributed by atoms with van der Waals surface area (Å²) < 4.78 is 10.7. The van der Waals surface area contributed by atoms with Gasteiger partial charge in [0.15, 0.2) is 0 Å². The number of nitrogens with two attached hydrogens (primary N) is 1. The molecule has 0 aromatic rings. The highest BCUT2D eigenvalue weighted by molar-refractivity contribution is 5.84. The van der Waals surface area contributed by atoms with Gasteiger partial charge in [-0.25, -0.2) is 0 Å². The summed E-state index contributed by atoms with van der Waals surface area (Å²) in [4.78, 5) is 14.4. The van der Waals surface area contributed by atoms with E-state index in [1.54, 1.807) is 14.2 Å². The van der Waals surface area contributed by atoms with E-state index in [4.69, 9.17) is 15.2 Å². The van der Waals surface area contributed by atoms with Crippen LogP contribution in [0.5, 0.6) is 0 Å². The number of amides is 1. The van der Waals surface area contributed by atoms with E-state index in [0.29, 0.717) is 25.6 Å². The largest absolute Gasteiger partial charge is 0.377 e. The average molecular weight is 256 g/mol. The molecule has 1 heterocycles. The van der Waals surface area contributed by atoms with Gasteiger partial charge in [0.1, 0.15) is 12.2 Å². The first kappa shape index (κ1) is 13.8. The molecule has 0 aromatic heterocycles. The molecule has 2 unspecified atom stereocenters. The van der Waals surface area contributed by atoms with E-state index in [-0.39, 0.29) is 23.5 Å². The Morgan fingerprint density at radius 3 is 2.11 bits per heavy atom. The monoisotopic (exact) mass is 256 g/mol. The van der Waals surface area contributed by atoms with Crippen molar-refractivity contribution in [2.24, 2.45) is 17.1 Å². The fraction of sp³-hybridized carbons (Fsp3) is 0.923. The molecule has 1 aliphatic carbocycles. The number of methoxy groups -OCH3 is 2. The normalized spacial score (nSPS) is 39.8. The molecule has 2 atom stereocenters. The summed E-state index contributed by atoms with van der Waals surface area (Å²) in [6, 6.07) is 0. The van der Waals surface area contributed by atoms with Crippen molar-refractivity contribution in [2.45, 2.75) is 32.0 Å². The summed E-state index contributed by atoms with van der Waals surface area (Å²) in [6.07, 6.45) is 1.78. The molecule has 104 valence electrons. The lowest BCUT2D eigenvalue weighted by atomic mass is 9.62. The number of ether oxygens (including phenoxy) is 2. The summed E-state index contributed by atoms with van der Waals surface area (Å²) >= 11 is 0. The highest BCUT2D eigenvalue weighted by atomic mass is 16.5. The summed E-state index contributed by atoms with van der Waals surface area (Å²) in [5.41, 5.74) is 5.50. The number of hydrogen-bond acceptors (Lipinski definition) is 4. The molecule has 5 nitrogen and oxygen atoms in total. The van der Waals surface area contributed by atoms with Crippen LogP contribution in [0.25, 0.3) is 0 Å². The van der Waals surface area contributed by atoms with Crippen molar-refractivity contribution in [2.75, 3.05) is 33.9 Å². The van der Waals surface area contributed by atoms with E-state index >= 15 is 0 Å². The van der Waals surface area contributed by atoms with E-state index in [1.165, 1.54) is 0 Å². The first-order valence-corrected chi connectivity index (χ1v) is 6.61. The fourth-order valence-corrected chi connectivity index (χ4v) is 3.40. The summed E-state index contributed by atoms with van der Waals surface area (Å²) in [7, 11) is 3.32. The Morgan fingerprint density at radius 1 is 1.28 bits per heavy atom. The molecule has 2 rings (SSSR count). The number of carbonyl (C=O) groups is 1. The molecule has 1 amide bonds. The summed E-state index contributed by atoms with van der Waals surface area (Å²) in [5.74, 6) is 0.793. The molecule has 2 aliphatic rings. The lowest BCUT2D eigenvalue weighted by Crippen LogP contribution is -2.54. The maximum absolute atomic E-state index is 12.6. The third-order valence-electron chi connectivity index (χ3n) is 4.43. The second kappa shape index (κ2) is 5.15. The van der Waals surface area contributed by atoms with Crippen molar-refractivity contribution < 1.29 is 14.3 Å². The predicted octanol–water partition coefficient (Wildman–Crippen LogP) is 0.234. The molecule has 1 saturated heterocycles. The van der Waals surface area contributed by atoms with Crippen LogP contribution in [0.3, 0.4) is 0 Å². The second-order valence-corrected chi connectivity index (χ2v) is 5.76. The average Bonchev–Trinajstić information content (AvgIpc) is 2.76. The summed E-state index contributed by atoms with van der Waals surface area (Å²) in [6.45, 7) is 3.84. The van der Waals surface area contributed by atoms with Gasteiger partial charge in [-0.3, -0.25) is 4.79 Å². The third-order valence-corrected chi connectivity index (χ3v) is 4.43. The Bertz CT molecular complexity index is 303. The van der Waals surface area contributed by atoms with Crippen molar-refractivity contribution in [1.82, 2.24) is 4.90 Å². The molecule has 1 saturated carbocycles. The fourth-order valence-electron chi connectivity index (χ4n) is 3.40. The van der Waals surface area contributed by atoms with Gasteiger partial charge in [-0.1, -0.05) is 6.92 Å². The number of carbonyl (C=O) groups excluding carboxylic acids is 1. The Balaban J connectivity index is 2.02. The topological polar surface area (TPSA) is 64.8 Å². The van der Waals surface area contributed by atoms with Crippen molar-refractivity contribution >= 4 is 5.91 Å². The van der Waals surface area contributed by atoms with Crippen molar-refractivity contribution in [1.29, 1.82) is 0 Å². The van der Waals surface area contributed by atoms with E-state index < -0.39 is 0 Å². The molecular weight excluding hydrogens is 232 g/mol. The van der Waals surface area contributed by atoms with Crippen LogP contribution in [0.4, 0.5) is 0 Å². The zero-order valence-corrected chi connectivity index (χ0v) is 11.5. The molecule has 1 aliphatic heterocycles. The van der Waals surface area contributed by atoms with Crippen LogP contribution >= 0.6 is 0 Å².